The maximum atomic E-state index is 6.35. The predicted molar refractivity (Wildman–Crippen MR) is 537 cm³/mol. The van der Waals surface area contributed by atoms with Crippen molar-refractivity contribution in [3.8, 4) is 107 Å². The van der Waals surface area contributed by atoms with Gasteiger partial charge in [-0.2, -0.15) is 0 Å². The van der Waals surface area contributed by atoms with Crippen LogP contribution in [0.2, 0.25) is 0 Å². The van der Waals surface area contributed by atoms with E-state index in [0.717, 1.165) is 78.7 Å². The van der Waals surface area contributed by atoms with E-state index >= 15 is 0 Å². The zero-order valence-corrected chi connectivity index (χ0v) is 82.9. The summed E-state index contributed by atoms with van der Waals surface area (Å²) < 4.78 is 11.6. The zero-order valence-electron chi connectivity index (χ0n) is 74.9. The van der Waals surface area contributed by atoms with Crippen molar-refractivity contribution < 1.29 is 64.7 Å². The minimum atomic E-state index is -0.163. The van der Waals surface area contributed by atoms with Gasteiger partial charge in [0.25, 0.3) is 0 Å². The largest absolute Gasteiger partial charge is 0.456 e. The first-order chi connectivity index (χ1) is 63.5. The van der Waals surface area contributed by atoms with Crippen molar-refractivity contribution in [2.24, 2.45) is 0 Å². The second kappa shape index (κ2) is 39.1. The molecular weight excluding hydrogens is 2180 g/mol. The molecular formula is C121H91Ir3N7OS-6. The van der Waals surface area contributed by atoms with Gasteiger partial charge in [-0.15, -0.1) is 220 Å². The summed E-state index contributed by atoms with van der Waals surface area (Å²) in [5.74, 6) is 0.534. The van der Waals surface area contributed by atoms with E-state index in [9.17, 15) is 0 Å². The molecule has 22 aromatic rings. The van der Waals surface area contributed by atoms with Gasteiger partial charge >= 0.3 is 0 Å². The number of furan rings is 1. The number of para-hydroxylation sites is 2. The van der Waals surface area contributed by atoms with Crippen LogP contribution in [0.1, 0.15) is 106 Å². The Morgan fingerprint density at radius 2 is 0.767 bits per heavy atom. The van der Waals surface area contributed by atoms with Crippen molar-refractivity contribution in [3.63, 3.8) is 0 Å². The van der Waals surface area contributed by atoms with Crippen LogP contribution in [0.4, 0.5) is 0 Å². The van der Waals surface area contributed by atoms with Gasteiger partial charge in [-0.1, -0.05) is 219 Å². The Bertz CT molecular complexity index is 7520. The molecule has 13 aromatic carbocycles. The molecule has 0 aliphatic heterocycles. The van der Waals surface area contributed by atoms with Gasteiger partial charge in [0, 0.05) is 161 Å². The Morgan fingerprint density at radius 1 is 0.323 bits per heavy atom. The van der Waals surface area contributed by atoms with Gasteiger partial charge in [-0.25, -0.2) is 0 Å². The number of thiophene rings is 1. The van der Waals surface area contributed by atoms with E-state index in [1.165, 1.54) is 136 Å². The van der Waals surface area contributed by atoms with E-state index in [-0.39, 0.29) is 76.6 Å². The Labute approximate surface area is 822 Å². The summed E-state index contributed by atoms with van der Waals surface area (Å²) in [5, 5.41) is 7.67. The van der Waals surface area contributed by atoms with Gasteiger partial charge in [-0.05, 0) is 168 Å². The van der Waals surface area contributed by atoms with Crippen LogP contribution in [0.15, 0.2) is 387 Å². The van der Waals surface area contributed by atoms with E-state index in [0.29, 0.717) is 5.92 Å². The Kier molecular flexibility index (Phi) is 26.9. The zero-order chi connectivity index (χ0) is 88.6. The second-order valence-electron chi connectivity index (χ2n) is 34.9. The summed E-state index contributed by atoms with van der Waals surface area (Å²) in [6, 6.07) is 138. The molecule has 0 fully saturated rings. The van der Waals surface area contributed by atoms with Gasteiger partial charge in [-0.3, -0.25) is 0 Å². The quantitative estimate of drug-likeness (QED) is 0.140. The van der Waals surface area contributed by atoms with Crippen LogP contribution in [-0.4, -0.2) is 34.5 Å². The van der Waals surface area contributed by atoms with E-state index < -0.39 is 0 Å². The van der Waals surface area contributed by atoms with Crippen molar-refractivity contribution in [2.75, 3.05) is 0 Å². The van der Waals surface area contributed by atoms with E-state index in [2.05, 4.69) is 305 Å². The van der Waals surface area contributed by atoms with Gasteiger partial charge < -0.3 is 38.9 Å². The summed E-state index contributed by atoms with van der Waals surface area (Å²) in [4.78, 5) is 27.0. The Morgan fingerprint density at radius 3 is 1.29 bits per heavy atom. The summed E-state index contributed by atoms with van der Waals surface area (Å²) >= 11 is 1.91. The molecule has 0 amide bonds. The van der Waals surface area contributed by atoms with Crippen LogP contribution < -0.4 is 0 Å². The standard InChI is InChI=1S/C33H25N2.C26H18NO.C26H18NS.C14H14N.2C11H8N.3Ir/c1-21-9-8-10-23(19-21)35-30-13-5-4-11-24(30)26-16-15-25-27-20-22(29-12-6-7-18-34-29)14-17-28(27)33(2,3)31(25)32(26)35;2*1-26(2)21-15-27-22(16-8-4-3-5-9-16)14-20(21)18-12-13-19-17-10-6-7-11-23(17)28-25(19)24(18)26;1-11(2)13-8-9-14(15-10-13)12-6-4-3-5-7-12;2*1-2-6-10(7-3-1)11-8-4-5-9-12-11;;;/h4-13,15-20H,1-3H3;2*3-8,10-15H,1-2H3;3-6,8-11H,1-2H3;2*1-6,8-9H;;;/q6*-1;;;. The summed E-state index contributed by atoms with van der Waals surface area (Å²) in [5.41, 5.74) is 35.6. The van der Waals surface area contributed by atoms with Gasteiger partial charge in [0.15, 0.2) is 0 Å². The van der Waals surface area contributed by atoms with E-state index in [4.69, 9.17) is 14.4 Å². The van der Waals surface area contributed by atoms with Crippen LogP contribution in [0.3, 0.4) is 0 Å². The van der Waals surface area contributed by atoms with Gasteiger partial charge in [0.2, 0.25) is 0 Å². The van der Waals surface area contributed by atoms with Crippen LogP contribution in [0.5, 0.6) is 0 Å². The molecule has 3 radical (unpaired) electrons. The van der Waals surface area contributed by atoms with Crippen molar-refractivity contribution in [2.45, 2.75) is 84.5 Å². The molecule has 133 heavy (non-hydrogen) atoms. The van der Waals surface area contributed by atoms with Crippen molar-refractivity contribution >= 4 is 75.3 Å². The summed E-state index contributed by atoms with van der Waals surface area (Å²) in [6.07, 6.45) is 11.5. The minimum absolute atomic E-state index is 0. The number of benzene rings is 13. The molecule has 0 N–H and O–H groups in total. The van der Waals surface area contributed by atoms with Crippen LogP contribution >= 0.6 is 11.3 Å². The molecule has 3 aliphatic rings. The normalized spacial score (nSPS) is 12.6. The molecule has 0 saturated carbocycles. The van der Waals surface area contributed by atoms with Crippen LogP contribution in [0, 0.1) is 43.3 Å². The first-order valence-corrected chi connectivity index (χ1v) is 45.0. The van der Waals surface area contributed by atoms with Crippen LogP contribution in [0.25, 0.3) is 171 Å². The number of aromatic nitrogens is 7. The van der Waals surface area contributed by atoms with E-state index in [1.54, 1.807) is 12.4 Å². The number of nitrogens with zero attached hydrogens (tertiary/aromatic N) is 7. The third kappa shape index (κ3) is 17.7. The van der Waals surface area contributed by atoms with Crippen molar-refractivity contribution in [1.29, 1.82) is 0 Å². The average Bonchev–Trinajstić information content (AvgIpc) is 1.52. The monoisotopic (exact) mass is 2270 g/mol. The van der Waals surface area contributed by atoms with Gasteiger partial charge in [0.1, 0.15) is 11.2 Å². The number of fused-ring (bicyclic) bond motifs is 21. The first-order valence-electron chi connectivity index (χ1n) is 44.2. The molecule has 655 valence electrons. The molecule has 25 rings (SSSR count). The fraction of sp³-hybridized carbons (Fsp3) is 0.107. The molecule has 0 spiro atoms. The maximum Gasteiger partial charge on any atom is 0.140 e. The van der Waals surface area contributed by atoms with Crippen LogP contribution in [-0.2, 0) is 76.6 Å². The van der Waals surface area contributed by atoms with E-state index in [1.807, 2.05) is 200 Å². The van der Waals surface area contributed by atoms with Crippen molar-refractivity contribution in [1.82, 2.24) is 34.5 Å². The fourth-order valence-corrected chi connectivity index (χ4v) is 20.3. The number of hydrogen-bond acceptors (Lipinski definition) is 8. The number of hydrogen-bond donors (Lipinski definition) is 0. The summed E-state index contributed by atoms with van der Waals surface area (Å²) in [6.45, 7) is 20.4. The molecule has 0 atom stereocenters. The summed E-state index contributed by atoms with van der Waals surface area (Å²) in [7, 11) is 0. The smallest absolute Gasteiger partial charge is 0.140 e. The van der Waals surface area contributed by atoms with Gasteiger partial charge in [0.05, 0.1) is 11.0 Å². The third-order valence-electron chi connectivity index (χ3n) is 25.4. The molecule has 3 aliphatic carbocycles. The number of rotatable bonds is 8. The molecule has 0 bridgehead atoms. The number of pyridine rings is 6. The second-order valence-corrected chi connectivity index (χ2v) is 36.0. The Balaban J connectivity index is 0.000000116. The molecule has 12 heteroatoms. The maximum absolute atomic E-state index is 6.35. The topological polar surface area (TPSA) is 95.4 Å². The minimum Gasteiger partial charge on any atom is -0.456 e. The molecule has 0 saturated heterocycles. The molecule has 0 unspecified atom stereocenters. The molecule has 9 heterocycles. The molecule has 8 nitrogen and oxygen atoms in total. The average molecular weight is 2270 g/mol. The predicted octanol–water partition coefficient (Wildman–Crippen LogP) is 31.0. The van der Waals surface area contributed by atoms with Crippen molar-refractivity contribution in [3.05, 3.63) is 464 Å². The molecule has 9 aromatic heterocycles. The first kappa shape index (κ1) is 91.4. The number of aryl methyl sites for hydroxylation is 1. The third-order valence-corrected chi connectivity index (χ3v) is 26.6. The fourth-order valence-electron chi connectivity index (χ4n) is 18.9. The SMILES string of the molecule is CC(C)c1ccc(-c2[c-]cccc2)nc1.CC1(C)c2cnc(-c3[c-]cccc3)cc2-c2ccc3c(oc4ccccc43)c21.CC1(C)c2cnc(-c3[c-]cccc3)cc2-c2ccc3c(sc4ccccc43)c21.Cc1cccc(-n2c3ccccc3c3ccc4c(c32)C(C)(C)c2c[c-]c(-c3ccccn3)cc2-4)c1.[Ir].[Ir].[Ir].[c-]1ccccc1-c1ccccn1.[c-]1ccccc1-c1ccccn1. The Hall–Kier alpha value is -13.5.